The van der Waals surface area contributed by atoms with Gasteiger partial charge in [0.25, 0.3) is 5.56 Å². The zero-order valence-corrected chi connectivity index (χ0v) is 8.32. The fourth-order valence-corrected chi connectivity index (χ4v) is 1.23. The molecule has 0 aliphatic rings. The summed E-state index contributed by atoms with van der Waals surface area (Å²) in [6, 6.07) is 5.06. The van der Waals surface area contributed by atoms with Crippen LogP contribution in [0.25, 0.3) is 11.5 Å². The van der Waals surface area contributed by atoms with Crippen molar-refractivity contribution < 1.29 is 13.2 Å². The van der Waals surface area contributed by atoms with Gasteiger partial charge in [-0.25, -0.2) is 4.98 Å². The molecule has 0 radical (unpaired) electrons. The molecule has 2 aromatic rings. The van der Waals surface area contributed by atoms with Gasteiger partial charge in [0.15, 0.2) is 11.5 Å². The summed E-state index contributed by atoms with van der Waals surface area (Å²) >= 11 is 0. The van der Waals surface area contributed by atoms with Gasteiger partial charge < -0.3 is 4.98 Å². The molecule has 4 nitrogen and oxygen atoms in total. The Bertz CT molecular complexity index is 577. The standard InChI is InChI=1S/C10H6F3N3O/c11-10(12,13)7-5-8(17)16-9(15-7)6-3-1-2-4-14-6/h1-5H,(H,15,16,17). The van der Waals surface area contributed by atoms with E-state index in [1.165, 1.54) is 12.3 Å². The SMILES string of the molecule is O=c1cc(C(F)(F)F)nc(-c2ccccn2)[nH]1. The van der Waals surface area contributed by atoms with Gasteiger partial charge in [0.05, 0.1) is 0 Å². The molecule has 0 amide bonds. The number of pyridine rings is 1. The molecule has 0 aliphatic heterocycles. The predicted molar refractivity (Wildman–Crippen MR) is 53.1 cm³/mol. The molecule has 0 spiro atoms. The Morgan fingerprint density at radius 3 is 2.59 bits per heavy atom. The molecule has 88 valence electrons. The minimum atomic E-state index is -4.65. The molecule has 0 saturated heterocycles. The zero-order chi connectivity index (χ0) is 12.5. The average Bonchev–Trinajstić information content (AvgIpc) is 2.28. The maximum atomic E-state index is 12.4. The van der Waals surface area contributed by atoms with Crippen LogP contribution in [0, 0.1) is 0 Å². The van der Waals surface area contributed by atoms with E-state index in [0.717, 1.165) is 0 Å². The van der Waals surface area contributed by atoms with E-state index in [0.29, 0.717) is 6.07 Å². The van der Waals surface area contributed by atoms with Crippen LogP contribution in [0.2, 0.25) is 0 Å². The van der Waals surface area contributed by atoms with Crippen LogP contribution in [0.5, 0.6) is 0 Å². The molecule has 0 aromatic carbocycles. The van der Waals surface area contributed by atoms with Crippen molar-refractivity contribution in [3.05, 3.63) is 46.5 Å². The van der Waals surface area contributed by atoms with Gasteiger partial charge in [-0.15, -0.1) is 0 Å². The summed E-state index contributed by atoms with van der Waals surface area (Å²) in [5, 5.41) is 0. The highest BCUT2D eigenvalue weighted by atomic mass is 19.4. The molecule has 17 heavy (non-hydrogen) atoms. The van der Waals surface area contributed by atoms with Gasteiger partial charge in [0.2, 0.25) is 0 Å². The number of alkyl halides is 3. The molecular weight excluding hydrogens is 235 g/mol. The third-order valence-corrected chi connectivity index (χ3v) is 1.94. The van der Waals surface area contributed by atoms with Gasteiger partial charge in [-0.05, 0) is 12.1 Å². The van der Waals surface area contributed by atoms with Gasteiger partial charge in [0, 0.05) is 12.3 Å². The highest BCUT2D eigenvalue weighted by Gasteiger charge is 2.33. The number of halogens is 3. The molecule has 2 aromatic heterocycles. The summed E-state index contributed by atoms with van der Waals surface area (Å²) in [7, 11) is 0. The van der Waals surface area contributed by atoms with E-state index in [2.05, 4.69) is 15.0 Å². The summed E-state index contributed by atoms with van der Waals surface area (Å²) in [6.45, 7) is 0. The largest absolute Gasteiger partial charge is 0.433 e. The second-order valence-corrected chi connectivity index (χ2v) is 3.19. The lowest BCUT2D eigenvalue weighted by Gasteiger charge is -2.06. The second-order valence-electron chi connectivity index (χ2n) is 3.19. The molecular formula is C10H6F3N3O. The monoisotopic (exact) mass is 241 g/mol. The summed E-state index contributed by atoms with van der Waals surface area (Å²) < 4.78 is 37.3. The van der Waals surface area contributed by atoms with Crippen LogP contribution >= 0.6 is 0 Å². The zero-order valence-electron chi connectivity index (χ0n) is 8.32. The third-order valence-electron chi connectivity index (χ3n) is 1.94. The fraction of sp³-hybridized carbons (Fsp3) is 0.100. The summed E-state index contributed by atoms with van der Waals surface area (Å²) in [4.78, 5) is 20.5. The van der Waals surface area contributed by atoms with E-state index in [1.54, 1.807) is 12.1 Å². The Morgan fingerprint density at radius 2 is 2.00 bits per heavy atom. The number of aromatic nitrogens is 3. The minimum absolute atomic E-state index is 0.177. The van der Waals surface area contributed by atoms with Crippen molar-refractivity contribution in [1.29, 1.82) is 0 Å². The molecule has 0 aliphatic carbocycles. The number of hydrogen-bond donors (Lipinski definition) is 1. The lowest BCUT2D eigenvalue weighted by Crippen LogP contribution is -2.17. The smallest absolute Gasteiger partial charge is 0.305 e. The Hall–Kier alpha value is -2.18. The predicted octanol–water partition coefficient (Wildman–Crippen LogP) is 1.85. The van der Waals surface area contributed by atoms with E-state index in [9.17, 15) is 18.0 Å². The number of aromatic amines is 1. The highest BCUT2D eigenvalue weighted by molar-refractivity contribution is 5.48. The number of rotatable bonds is 1. The van der Waals surface area contributed by atoms with E-state index in [-0.39, 0.29) is 11.5 Å². The Kier molecular flexibility index (Phi) is 2.66. The molecule has 1 N–H and O–H groups in total. The Morgan fingerprint density at radius 1 is 1.24 bits per heavy atom. The van der Waals surface area contributed by atoms with E-state index >= 15 is 0 Å². The number of nitrogens with zero attached hydrogens (tertiary/aromatic N) is 2. The first-order valence-corrected chi connectivity index (χ1v) is 4.57. The molecule has 0 atom stereocenters. The summed E-state index contributed by atoms with van der Waals surface area (Å²) in [5.41, 5.74) is -1.93. The van der Waals surface area contributed by atoms with Crippen molar-refractivity contribution in [2.24, 2.45) is 0 Å². The van der Waals surface area contributed by atoms with Gasteiger partial charge >= 0.3 is 6.18 Å². The van der Waals surface area contributed by atoms with Crippen molar-refractivity contribution in [2.45, 2.75) is 6.18 Å². The molecule has 0 bridgehead atoms. The maximum absolute atomic E-state index is 12.4. The van der Waals surface area contributed by atoms with Crippen LogP contribution in [0.4, 0.5) is 13.2 Å². The first-order chi connectivity index (χ1) is 7.97. The number of hydrogen-bond acceptors (Lipinski definition) is 3. The van der Waals surface area contributed by atoms with Gasteiger partial charge in [-0.2, -0.15) is 13.2 Å². The van der Waals surface area contributed by atoms with E-state index in [4.69, 9.17) is 0 Å². The van der Waals surface area contributed by atoms with Crippen molar-refractivity contribution in [3.63, 3.8) is 0 Å². The quantitative estimate of drug-likeness (QED) is 0.828. The molecule has 0 unspecified atom stereocenters. The first-order valence-electron chi connectivity index (χ1n) is 4.57. The summed E-state index contributed by atoms with van der Waals surface area (Å²) in [6.07, 6.45) is -3.26. The average molecular weight is 241 g/mol. The lowest BCUT2D eigenvalue weighted by molar-refractivity contribution is -0.141. The van der Waals surface area contributed by atoms with Gasteiger partial charge in [-0.3, -0.25) is 9.78 Å². The Balaban J connectivity index is 2.58. The number of nitrogens with one attached hydrogen (secondary N) is 1. The van der Waals surface area contributed by atoms with Crippen molar-refractivity contribution in [3.8, 4) is 11.5 Å². The van der Waals surface area contributed by atoms with Crippen LogP contribution in [-0.4, -0.2) is 15.0 Å². The number of H-pyrrole nitrogens is 1. The van der Waals surface area contributed by atoms with Gasteiger partial charge in [0.1, 0.15) is 5.69 Å². The Labute approximate surface area is 93.2 Å². The van der Waals surface area contributed by atoms with E-state index < -0.39 is 17.4 Å². The fourth-order valence-electron chi connectivity index (χ4n) is 1.23. The maximum Gasteiger partial charge on any atom is 0.433 e. The van der Waals surface area contributed by atoms with Crippen LogP contribution in [0.1, 0.15) is 5.69 Å². The third kappa shape index (κ3) is 2.49. The van der Waals surface area contributed by atoms with Crippen molar-refractivity contribution in [2.75, 3.05) is 0 Å². The first kappa shape index (κ1) is 11.3. The molecule has 0 saturated carbocycles. The van der Waals surface area contributed by atoms with Crippen LogP contribution in [0.15, 0.2) is 35.3 Å². The highest BCUT2D eigenvalue weighted by Crippen LogP contribution is 2.27. The second kappa shape index (κ2) is 4.00. The minimum Gasteiger partial charge on any atom is -0.305 e. The normalized spacial score (nSPS) is 11.5. The van der Waals surface area contributed by atoms with Crippen LogP contribution in [0.3, 0.4) is 0 Å². The molecule has 2 heterocycles. The molecule has 7 heteroatoms. The topological polar surface area (TPSA) is 58.6 Å². The molecule has 2 rings (SSSR count). The van der Waals surface area contributed by atoms with Crippen LogP contribution < -0.4 is 5.56 Å². The summed E-state index contributed by atoms with van der Waals surface area (Å²) in [5.74, 6) is -0.203. The van der Waals surface area contributed by atoms with Crippen molar-refractivity contribution >= 4 is 0 Å². The van der Waals surface area contributed by atoms with Crippen molar-refractivity contribution in [1.82, 2.24) is 15.0 Å². The van der Waals surface area contributed by atoms with Crippen LogP contribution in [-0.2, 0) is 6.18 Å². The van der Waals surface area contributed by atoms with Gasteiger partial charge in [-0.1, -0.05) is 6.07 Å². The van der Waals surface area contributed by atoms with E-state index in [1.807, 2.05) is 0 Å². The lowest BCUT2D eigenvalue weighted by atomic mass is 10.3. The molecule has 0 fully saturated rings.